The van der Waals surface area contributed by atoms with Crippen molar-refractivity contribution in [3.8, 4) is 0 Å². The number of azo groups is 1. The average molecular weight is 308 g/mol. The highest BCUT2D eigenvalue weighted by Gasteiger charge is 2.18. The van der Waals surface area contributed by atoms with Gasteiger partial charge in [-0.15, -0.1) is 5.11 Å². The largest absolute Gasteiger partial charge is 0.324 e. The zero-order valence-corrected chi connectivity index (χ0v) is 11.1. The first-order valence-electron chi connectivity index (χ1n) is 5.26. The fourth-order valence-corrected chi connectivity index (χ4v) is 1.95. The Kier molecular flexibility index (Phi) is 3.66. The first kappa shape index (κ1) is 12.6. The summed E-state index contributed by atoms with van der Waals surface area (Å²) in [7, 11) is 0. The fourth-order valence-electron chi connectivity index (χ4n) is 1.48. The lowest BCUT2D eigenvalue weighted by Gasteiger charge is -2.12. The number of carbonyl (C=O) groups is 2. The third-order valence-electron chi connectivity index (χ3n) is 2.42. The van der Waals surface area contributed by atoms with Gasteiger partial charge in [0, 0.05) is 16.2 Å². The van der Waals surface area contributed by atoms with Crippen molar-refractivity contribution in [2.24, 2.45) is 10.2 Å². The number of rotatable bonds is 2. The molecule has 1 unspecified atom stereocenters. The molecule has 2 amide bonds. The van der Waals surface area contributed by atoms with Crippen molar-refractivity contribution in [3.63, 3.8) is 0 Å². The fraction of sp³-hybridized carbons (Fsp3) is 0.167. The van der Waals surface area contributed by atoms with Gasteiger partial charge in [0.25, 0.3) is 11.8 Å². The molecular formula is C12H10BrN3O2. The lowest BCUT2D eigenvalue weighted by atomic mass is 10.2. The second-order valence-corrected chi connectivity index (χ2v) is 4.72. The lowest BCUT2D eigenvalue weighted by molar-refractivity contribution is -0.117. The second kappa shape index (κ2) is 5.22. The molecule has 0 aromatic heterocycles. The molecule has 0 bridgehead atoms. The molecule has 5 nitrogen and oxygen atoms in total. The first-order chi connectivity index (χ1) is 8.56. The highest BCUT2D eigenvalue weighted by molar-refractivity contribution is 9.10. The highest BCUT2D eigenvalue weighted by atomic mass is 79.9. The van der Waals surface area contributed by atoms with Gasteiger partial charge in [-0.1, -0.05) is 15.9 Å². The van der Waals surface area contributed by atoms with E-state index in [0.29, 0.717) is 5.69 Å². The molecule has 6 heteroatoms. The van der Waals surface area contributed by atoms with Crippen molar-refractivity contribution in [2.45, 2.75) is 13.0 Å². The normalized spacial score (nSPS) is 17.9. The van der Waals surface area contributed by atoms with Crippen LogP contribution in [0.2, 0.25) is 0 Å². The number of amides is 2. The number of benzene rings is 1. The van der Waals surface area contributed by atoms with Crippen molar-refractivity contribution in [3.05, 3.63) is 40.4 Å². The minimum Gasteiger partial charge on any atom is -0.324 e. The van der Waals surface area contributed by atoms with E-state index in [-0.39, 0.29) is 5.91 Å². The van der Waals surface area contributed by atoms with Gasteiger partial charge in [-0.2, -0.15) is 5.11 Å². The summed E-state index contributed by atoms with van der Waals surface area (Å²) in [5.41, 5.74) is 1.65. The van der Waals surface area contributed by atoms with E-state index in [9.17, 15) is 9.59 Å². The molecule has 1 atom stereocenters. The van der Waals surface area contributed by atoms with E-state index in [1.165, 1.54) is 12.2 Å². The van der Waals surface area contributed by atoms with Gasteiger partial charge in [-0.25, -0.2) is 0 Å². The van der Waals surface area contributed by atoms with E-state index in [1.807, 2.05) is 19.1 Å². The van der Waals surface area contributed by atoms with Gasteiger partial charge in [0.1, 0.15) is 0 Å². The van der Waals surface area contributed by atoms with Crippen molar-refractivity contribution < 1.29 is 9.59 Å². The Morgan fingerprint density at radius 2 is 2.22 bits per heavy atom. The predicted octanol–water partition coefficient (Wildman–Crippen LogP) is 2.61. The molecule has 2 rings (SSSR count). The molecule has 92 valence electrons. The van der Waals surface area contributed by atoms with Crippen molar-refractivity contribution in [2.75, 3.05) is 5.32 Å². The van der Waals surface area contributed by atoms with Gasteiger partial charge in [0.05, 0.1) is 0 Å². The Bertz CT molecular complexity index is 550. The van der Waals surface area contributed by atoms with Crippen molar-refractivity contribution >= 4 is 33.4 Å². The Morgan fingerprint density at radius 1 is 1.44 bits per heavy atom. The quantitative estimate of drug-likeness (QED) is 0.912. The van der Waals surface area contributed by atoms with Gasteiger partial charge < -0.3 is 5.32 Å². The molecule has 1 aromatic carbocycles. The minimum atomic E-state index is -0.745. The summed E-state index contributed by atoms with van der Waals surface area (Å²) in [4.78, 5) is 22.7. The Morgan fingerprint density at radius 3 is 2.83 bits per heavy atom. The van der Waals surface area contributed by atoms with Crippen LogP contribution >= 0.6 is 15.9 Å². The number of anilines is 1. The van der Waals surface area contributed by atoms with Crippen molar-refractivity contribution in [1.29, 1.82) is 0 Å². The maximum absolute atomic E-state index is 11.9. The van der Waals surface area contributed by atoms with Crippen LogP contribution in [0.15, 0.2) is 45.1 Å². The molecule has 1 heterocycles. The van der Waals surface area contributed by atoms with E-state index in [2.05, 4.69) is 31.5 Å². The summed E-state index contributed by atoms with van der Waals surface area (Å²) in [5, 5.41) is 9.71. The third-order valence-corrected chi connectivity index (χ3v) is 2.91. The molecule has 0 fully saturated rings. The smallest absolute Gasteiger partial charge is 0.287 e. The number of hydrogen-bond donors (Lipinski definition) is 1. The molecule has 0 aliphatic carbocycles. The van der Waals surface area contributed by atoms with Crippen LogP contribution in [0.25, 0.3) is 0 Å². The second-order valence-electron chi connectivity index (χ2n) is 3.81. The van der Waals surface area contributed by atoms with Crippen LogP contribution in [0.4, 0.5) is 5.69 Å². The first-order valence-corrected chi connectivity index (χ1v) is 6.05. The molecule has 0 radical (unpaired) electrons. The number of hydrogen-bond acceptors (Lipinski definition) is 3. The Labute approximate surface area is 112 Å². The molecule has 1 aliphatic rings. The Balaban J connectivity index is 2.10. The van der Waals surface area contributed by atoms with Gasteiger partial charge in [0.15, 0.2) is 6.04 Å². The van der Waals surface area contributed by atoms with E-state index >= 15 is 0 Å². The van der Waals surface area contributed by atoms with Crippen LogP contribution in [0.5, 0.6) is 0 Å². The van der Waals surface area contributed by atoms with Crippen molar-refractivity contribution in [1.82, 2.24) is 0 Å². The summed E-state index contributed by atoms with van der Waals surface area (Å²) in [6.45, 7) is 1.89. The summed E-state index contributed by atoms with van der Waals surface area (Å²) >= 11 is 3.35. The molecule has 1 aromatic rings. The van der Waals surface area contributed by atoms with Crippen LogP contribution in [0, 0.1) is 6.92 Å². The van der Waals surface area contributed by atoms with Crippen LogP contribution < -0.4 is 5.32 Å². The summed E-state index contributed by atoms with van der Waals surface area (Å²) < 4.78 is 0.945. The van der Waals surface area contributed by atoms with E-state index in [0.717, 1.165) is 10.0 Å². The monoisotopic (exact) mass is 307 g/mol. The van der Waals surface area contributed by atoms with Crippen LogP contribution in [0.1, 0.15) is 5.56 Å². The summed E-state index contributed by atoms with van der Waals surface area (Å²) in [5.74, 6) is -0.758. The topological polar surface area (TPSA) is 70.9 Å². The van der Waals surface area contributed by atoms with E-state index in [4.69, 9.17) is 0 Å². The van der Waals surface area contributed by atoms with E-state index < -0.39 is 11.9 Å². The zero-order valence-electron chi connectivity index (χ0n) is 9.55. The maximum atomic E-state index is 11.9. The van der Waals surface area contributed by atoms with Gasteiger partial charge in [-0.3, -0.25) is 9.59 Å². The standard InChI is InChI=1S/C12H10BrN3O2/c1-7-6-8(13)2-3-9(7)14-12(18)10-4-5-11(17)16-15-10/h2-6,10H,1H3,(H,14,18). The number of carbonyl (C=O) groups excluding carboxylic acids is 2. The molecule has 18 heavy (non-hydrogen) atoms. The maximum Gasteiger partial charge on any atom is 0.287 e. The van der Waals surface area contributed by atoms with Crippen LogP contribution in [-0.4, -0.2) is 17.9 Å². The van der Waals surface area contributed by atoms with Crippen LogP contribution in [0.3, 0.4) is 0 Å². The number of halogens is 1. The van der Waals surface area contributed by atoms with Gasteiger partial charge in [0.2, 0.25) is 0 Å². The minimum absolute atomic E-state index is 0.312. The van der Waals surface area contributed by atoms with Gasteiger partial charge in [-0.05, 0) is 36.8 Å². The summed E-state index contributed by atoms with van der Waals surface area (Å²) in [6, 6.07) is 4.79. The zero-order chi connectivity index (χ0) is 13.1. The third kappa shape index (κ3) is 2.89. The number of nitrogens with one attached hydrogen (secondary N) is 1. The van der Waals surface area contributed by atoms with Gasteiger partial charge >= 0.3 is 0 Å². The van der Waals surface area contributed by atoms with E-state index in [1.54, 1.807) is 6.07 Å². The molecule has 0 saturated heterocycles. The average Bonchev–Trinajstić information content (AvgIpc) is 2.33. The number of aryl methyl sites for hydroxylation is 1. The summed E-state index contributed by atoms with van der Waals surface area (Å²) in [6.07, 6.45) is 2.67. The Hall–Kier alpha value is -1.82. The SMILES string of the molecule is Cc1cc(Br)ccc1NC(=O)C1C=CC(=O)N=N1. The predicted molar refractivity (Wildman–Crippen MR) is 70.3 cm³/mol. The molecule has 1 aliphatic heterocycles. The molecule has 0 saturated carbocycles. The van der Waals surface area contributed by atoms with Crippen LogP contribution in [-0.2, 0) is 9.59 Å². The molecule has 1 N–H and O–H groups in total. The number of nitrogens with zero attached hydrogens (tertiary/aromatic N) is 2. The highest BCUT2D eigenvalue weighted by Crippen LogP contribution is 2.20. The molecular weight excluding hydrogens is 298 g/mol. The molecule has 0 spiro atoms. The lowest BCUT2D eigenvalue weighted by Crippen LogP contribution is -2.26.